The molecule has 130 valence electrons. The third kappa shape index (κ3) is 4.02. The monoisotopic (exact) mass is 331 g/mol. The SMILES string of the molecule is CCC(C)(C)C(=O)C(=O)N1CCC[C@H]1C(=O)OCc1ccccc1. The van der Waals surface area contributed by atoms with Gasteiger partial charge in [-0.3, -0.25) is 9.59 Å². The minimum atomic E-state index is -0.710. The first-order valence-corrected chi connectivity index (χ1v) is 8.43. The van der Waals surface area contributed by atoms with Gasteiger partial charge in [-0.25, -0.2) is 4.79 Å². The summed E-state index contributed by atoms with van der Waals surface area (Å²) < 4.78 is 5.34. The highest BCUT2D eigenvalue weighted by atomic mass is 16.5. The second-order valence-electron chi connectivity index (χ2n) is 6.82. The molecule has 5 nitrogen and oxygen atoms in total. The zero-order valence-corrected chi connectivity index (χ0v) is 14.6. The van der Waals surface area contributed by atoms with Crippen LogP contribution in [0.1, 0.15) is 45.6 Å². The number of hydrogen-bond acceptors (Lipinski definition) is 4. The van der Waals surface area contributed by atoms with E-state index in [0.29, 0.717) is 25.8 Å². The molecule has 0 aliphatic carbocycles. The third-order valence-electron chi connectivity index (χ3n) is 4.70. The van der Waals surface area contributed by atoms with Crippen LogP contribution in [-0.4, -0.2) is 35.1 Å². The number of ether oxygens (including phenoxy) is 1. The number of amides is 1. The molecule has 1 saturated heterocycles. The molecule has 0 aromatic heterocycles. The van der Waals surface area contributed by atoms with Crippen LogP contribution in [0.5, 0.6) is 0 Å². The number of rotatable bonds is 6. The van der Waals surface area contributed by atoms with Gasteiger partial charge in [-0.2, -0.15) is 0 Å². The van der Waals surface area contributed by atoms with Gasteiger partial charge in [0.05, 0.1) is 0 Å². The summed E-state index contributed by atoms with van der Waals surface area (Å²) in [4.78, 5) is 38.6. The Morgan fingerprint density at radius 3 is 2.50 bits per heavy atom. The van der Waals surface area contributed by atoms with Crippen LogP contribution in [0.3, 0.4) is 0 Å². The average Bonchev–Trinajstić information content (AvgIpc) is 3.09. The van der Waals surface area contributed by atoms with E-state index >= 15 is 0 Å². The number of carbonyl (C=O) groups is 3. The molecule has 1 fully saturated rings. The number of benzene rings is 1. The van der Waals surface area contributed by atoms with Crippen LogP contribution in [0.2, 0.25) is 0 Å². The number of carbonyl (C=O) groups excluding carboxylic acids is 3. The molecule has 0 bridgehead atoms. The molecule has 0 saturated carbocycles. The second kappa shape index (κ2) is 7.60. The first-order chi connectivity index (χ1) is 11.4. The van der Waals surface area contributed by atoms with Crippen molar-refractivity contribution in [2.45, 2.75) is 52.7 Å². The smallest absolute Gasteiger partial charge is 0.329 e. The maximum atomic E-state index is 12.5. The van der Waals surface area contributed by atoms with Crippen molar-refractivity contribution in [3.63, 3.8) is 0 Å². The quantitative estimate of drug-likeness (QED) is 0.594. The predicted octanol–water partition coefficient (Wildman–Crippen LogP) is 2.73. The summed E-state index contributed by atoms with van der Waals surface area (Å²) in [5.41, 5.74) is 0.183. The van der Waals surface area contributed by atoms with Crippen LogP contribution in [0, 0.1) is 5.41 Å². The number of nitrogens with zero attached hydrogens (tertiary/aromatic N) is 1. The van der Waals surface area contributed by atoms with Crippen LogP contribution in [0.4, 0.5) is 0 Å². The van der Waals surface area contributed by atoms with Crippen molar-refractivity contribution in [2.24, 2.45) is 5.41 Å². The van der Waals surface area contributed by atoms with E-state index in [1.165, 1.54) is 4.90 Å². The van der Waals surface area contributed by atoms with Gasteiger partial charge in [0, 0.05) is 12.0 Å². The fourth-order valence-electron chi connectivity index (χ4n) is 2.66. The molecule has 0 unspecified atom stereocenters. The van der Waals surface area contributed by atoms with Gasteiger partial charge in [0.15, 0.2) is 0 Å². The Bertz CT molecular complexity index is 609. The lowest BCUT2D eigenvalue weighted by molar-refractivity contribution is -0.158. The van der Waals surface area contributed by atoms with E-state index in [4.69, 9.17) is 4.74 Å². The highest BCUT2D eigenvalue weighted by molar-refractivity contribution is 6.38. The standard InChI is InChI=1S/C19H25NO4/c1-4-19(2,3)16(21)17(22)20-12-8-11-15(20)18(23)24-13-14-9-6-5-7-10-14/h5-7,9-10,15H,4,8,11-13H2,1-3H3/t15-/m0/s1. The Morgan fingerprint density at radius 1 is 1.21 bits per heavy atom. The molecule has 1 aromatic carbocycles. The highest BCUT2D eigenvalue weighted by Gasteiger charge is 2.41. The molecule has 1 aliphatic rings. The van der Waals surface area contributed by atoms with E-state index in [1.54, 1.807) is 13.8 Å². The summed E-state index contributed by atoms with van der Waals surface area (Å²) in [6, 6.07) is 8.73. The number of Topliss-reactive ketones (excluding diaryl/α,β-unsaturated/α-hetero) is 1. The Hall–Kier alpha value is -2.17. The molecule has 24 heavy (non-hydrogen) atoms. The van der Waals surface area contributed by atoms with Crippen molar-refractivity contribution in [3.05, 3.63) is 35.9 Å². The largest absolute Gasteiger partial charge is 0.459 e. The van der Waals surface area contributed by atoms with Gasteiger partial charge in [-0.15, -0.1) is 0 Å². The maximum absolute atomic E-state index is 12.5. The first-order valence-electron chi connectivity index (χ1n) is 8.43. The number of hydrogen-bond donors (Lipinski definition) is 0. The van der Waals surface area contributed by atoms with E-state index in [-0.39, 0.29) is 6.61 Å². The molecule has 0 N–H and O–H groups in total. The van der Waals surface area contributed by atoms with Crippen LogP contribution < -0.4 is 0 Å². The summed E-state index contributed by atoms with van der Waals surface area (Å²) in [7, 11) is 0. The molecular formula is C19H25NO4. The fourth-order valence-corrected chi connectivity index (χ4v) is 2.66. The van der Waals surface area contributed by atoms with Gasteiger partial charge in [-0.1, -0.05) is 51.1 Å². The number of ketones is 1. The maximum Gasteiger partial charge on any atom is 0.329 e. The summed E-state index contributed by atoms with van der Waals surface area (Å²) in [5.74, 6) is -1.44. The molecule has 1 atom stereocenters. The molecule has 0 spiro atoms. The molecule has 0 radical (unpaired) electrons. The number of esters is 1. The Labute approximate surface area is 143 Å². The lowest BCUT2D eigenvalue weighted by atomic mass is 9.84. The van der Waals surface area contributed by atoms with Crippen molar-refractivity contribution in [1.82, 2.24) is 4.90 Å². The first kappa shape index (κ1) is 18.2. The van der Waals surface area contributed by atoms with Gasteiger partial charge in [0.1, 0.15) is 12.6 Å². The van der Waals surface area contributed by atoms with Gasteiger partial charge in [-0.05, 0) is 24.8 Å². The molecule has 1 aromatic rings. The van der Waals surface area contributed by atoms with E-state index in [1.807, 2.05) is 37.3 Å². The topological polar surface area (TPSA) is 63.7 Å². The van der Waals surface area contributed by atoms with Crippen LogP contribution in [0.25, 0.3) is 0 Å². The summed E-state index contributed by atoms with van der Waals surface area (Å²) in [5, 5.41) is 0. The molecule has 1 heterocycles. The van der Waals surface area contributed by atoms with E-state index in [0.717, 1.165) is 5.56 Å². The lowest BCUT2D eigenvalue weighted by Gasteiger charge is -2.27. The second-order valence-corrected chi connectivity index (χ2v) is 6.82. The molecule has 2 rings (SSSR count). The van der Waals surface area contributed by atoms with E-state index in [2.05, 4.69) is 0 Å². The third-order valence-corrected chi connectivity index (χ3v) is 4.70. The predicted molar refractivity (Wildman–Crippen MR) is 90.1 cm³/mol. The van der Waals surface area contributed by atoms with Crippen molar-refractivity contribution < 1.29 is 19.1 Å². The van der Waals surface area contributed by atoms with Crippen molar-refractivity contribution >= 4 is 17.7 Å². The summed E-state index contributed by atoms with van der Waals surface area (Å²) >= 11 is 0. The average molecular weight is 331 g/mol. The fraction of sp³-hybridized carbons (Fsp3) is 0.526. The van der Waals surface area contributed by atoms with E-state index in [9.17, 15) is 14.4 Å². The zero-order valence-electron chi connectivity index (χ0n) is 14.6. The molecule has 1 amide bonds. The molecule has 5 heteroatoms. The minimum absolute atomic E-state index is 0.173. The zero-order chi connectivity index (χ0) is 17.7. The van der Waals surface area contributed by atoms with Gasteiger partial charge < -0.3 is 9.64 Å². The Balaban J connectivity index is 2.00. The van der Waals surface area contributed by atoms with Gasteiger partial charge in [0.2, 0.25) is 5.78 Å². The Kier molecular flexibility index (Phi) is 5.75. The Morgan fingerprint density at radius 2 is 1.88 bits per heavy atom. The normalized spacial score (nSPS) is 17.6. The number of likely N-dealkylation sites (tertiary alicyclic amines) is 1. The van der Waals surface area contributed by atoms with Gasteiger partial charge in [0.25, 0.3) is 5.91 Å². The highest BCUT2D eigenvalue weighted by Crippen LogP contribution is 2.26. The van der Waals surface area contributed by atoms with Crippen molar-refractivity contribution in [3.8, 4) is 0 Å². The van der Waals surface area contributed by atoms with Gasteiger partial charge >= 0.3 is 5.97 Å². The van der Waals surface area contributed by atoms with Crippen molar-refractivity contribution in [2.75, 3.05) is 6.54 Å². The van der Waals surface area contributed by atoms with Crippen LogP contribution >= 0.6 is 0 Å². The van der Waals surface area contributed by atoms with Crippen molar-refractivity contribution in [1.29, 1.82) is 0 Å². The summed E-state index contributed by atoms with van der Waals surface area (Å²) in [6.45, 7) is 5.99. The molecular weight excluding hydrogens is 306 g/mol. The lowest BCUT2D eigenvalue weighted by Crippen LogP contribution is -2.47. The molecule has 1 aliphatic heterocycles. The van der Waals surface area contributed by atoms with Crippen LogP contribution in [-0.2, 0) is 25.7 Å². The minimum Gasteiger partial charge on any atom is -0.459 e. The summed E-state index contributed by atoms with van der Waals surface area (Å²) in [6.07, 6.45) is 1.82. The van der Waals surface area contributed by atoms with E-state index < -0.39 is 29.1 Å². The van der Waals surface area contributed by atoms with Crippen LogP contribution in [0.15, 0.2) is 30.3 Å².